The van der Waals surface area contributed by atoms with Gasteiger partial charge in [-0.2, -0.15) is 4.31 Å². The van der Waals surface area contributed by atoms with Gasteiger partial charge in [0.15, 0.2) is 0 Å². The first kappa shape index (κ1) is 28.3. The number of nitrogens with one attached hydrogen (secondary N) is 2. The van der Waals surface area contributed by atoms with Crippen LogP contribution < -0.4 is 10.0 Å². The molecule has 0 aliphatic carbocycles. The van der Waals surface area contributed by atoms with E-state index in [1.165, 1.54) is 52.8 Å². The second-order valence-electron chi connectivity index (χ2n) is 8.78. The van der Waals surface area contributed by atoms with E-state index in [9.17, 15) is 21.6 Å². The van der Waals surface area contributed by atoms with Gasteiger partial charge in [-0.05, 0) is 60.4 Å². The quantitative estimate of drug-likeness (QED) is 0.432. The van der Waals surface area contributed by atoms with Crippen LogP contribution in [0.2, 0.25) is 5.02 Å². The minimum atomic E-state index is -3.75. The third-order valence-corrected chi connectivity index (χ3v) is 8.26. The molecule has 0 radical (unpaired) electrons. The van der Waals surface area contributed by atoms with Crippen molar-refractivity contribution in [2.24, 2.45) is 11.8 Å². The number of hydrogen-bond acceptors (Lipinski definition) is 5. The minimum Gasteiger partial charge on any atom is -0.326 e. The Morgan fingerprint density at radius 3 is 1.85 bits per heavy atom. The average Bonchev–Trinajstić information content (AvgIpc) is 2.73. The molecule has 0 saturated heterocycles. The van der Waals surface area contributed by atoms with Crippen molar-refractivity contribution in [2.75, 3.05) is 25.0 Å². The molecule has 0 unspecified atom stereocenters. The highest BCUT2D eigenvalue weighted by molar-refractivity contribution is 7.89. The van der Waals surface area contributed by atoms with Crippen molar-refractivity contribution in [3.63, 3.8) is 0 Å². The molecule has 0 aromatic heterocycles. The Labute approximate surface area is 207 Å². The number of benzene rings is 2. The Bertz CT molecular complexity index is 1150. The van der Waals surface area contributed by atoms with Gasteiger partial charge in [-0.25, -0.2) is 21.6 Å². The molecule has 2 aromatic carbocycles. The van der Waals surface area contributed by atoms with Crippen LogP contribution in [0.4, 0.5) is 5.69 Å². The predicted octanol–water partition coefficient (Wildman–Crippen LogP) is 3.95. The molecule has 34 heavy (non-hydrogen) atoms. The molecule has 0 aliphatic rings. The lowest BCUT2D eigenvalue weighted by atomic mass is 10.2. The van der Waals surface area contributed by atoms with E-state index in [1.807, 2.05) is 27.7 Å². The van der Waals surface area contributed by atoms with Gasteiger partial charge in [0.25, 0.3) is 0 Å². The zero-order valence-corrected chi connectivity index (χ0v) is 22.2. The van der Waals surface area contributed by atoms with Crippen molar-refractivity contribution in [2.45, 2.75) is 43.9 Å². The molecule has 0 aliphatic heterocycles. The molecule has 0 fully saturated rings. The monoisotopic (exact) mass is 529 g/mol. The Morgan fingerprint density at radius 1 is 0.853 bits per heavy atom. The molecular formula is C23H32ClN3O5S2. The van der Waals surface area contributed by atoms with Crippen LogP contribution in [-0.2, 0) is 24.8 Å². The second kappa shape index (κ2) is 12.1. The number of nitrogens with zero attached hydrogens (tertiary/aromatic N) is 1. The lowest BCUT2D eigenvalue weighted by molar-refractivity contribution is -0.116. The summed E-state index contributed by atoms with van der Waals surface area (Å²) in [4.78, 5) is 12.4. The normalized spacial score (nSPS) is 12.5. The number of rotatable bonds is 12. The third kappa shape index (κ3) is 8.35. The Hall–Kier alpha value is -1.98. The third-order valence-electron chi connectivity index (χ3n) is 4.68. The number of anilines is 1. The number of hydrogen-bond donors (Lipinski definition) is 2. The van der Waals surface area contributed by atoms with Gasteiger partial charge >= 0.3 is 0 Å². The van der Waals surface area contributed by atoms with E-state index in [2.05, 4.69) is 10.0 Å². The standard InChI is InChI=1S/C23H32ClN3O5S2/c1-17(2)15-27(16-18(3)4)34(31,32)22-11-7-20(8-12-22)26-23(28)13-14-25-33(29,30)21-9-5-19(24)6-10-21/h5-12,17-18,25H,13-16H2,1-4H3,(H,26,28). The first-order valence-electron chi connectivity index (χ1n) is 11.0. The largest absolute Gasteiger partial charge is 0.326 e. The van der Waals surface area contributed by atoms with E-state index in [1.54, 1.807) is 0 Å². The smallest absolute Gasteiger partial charge is 0.243 e. The van der Waals surface area contributed by atoms with Gasteiger partial charge in [-0.1, -0.05) is 39.3 Å². The van der Waals surface area contributed by atoms with Gasteiger partial charge in [-0.3, -0.25) is 4.79 Å². The van der Waals surface area contributed by atoms with Crippen molar-refractivity contribution < 1.29 is 21.6 Å². The Balaban J connectivity index is 1.96. The summed E-state index contributed by atoms with van der Waals surface area (Å²) < 4.78 is 54.5. The van der Waals surface area contributed by atoms with E-state index in [-0.39, 0.29) is 34.6 Å². The second-order valence-corrected chi connectivity index (χ2v) is 12.9. The summed E-state index contributed by atoms with van der Waals surface area (Å²) in [5, 5.41) is 3.07. The summed E-state index contributed by atoms with van der Waals surface area (Å²) in [7, 11) is -7.41. The lowest BCUT2D eigenvalue weighted by Crippen LogP contribution is -2.37. The van der Waals surface area contributed by atoms with Crippen molar-refractivity contribution in [1.29, 1.82) is 0 Å². The number of amides is 1. The maximum atomic E-state index is 13.1. The van der Waals surface area contributed by atoms with E-state index in [4.69, 9.17) is 11.6 Å². The lowest BCUT2D eigenvalue weighted by Gasteiger charge is -2.25. The maximum Gasteiger partial charge on any atom is 0.243 e. The fourth-order valence-corrected chi connectivity index (χ4v) is 6.09. The van der Waals surface area contributed by atoms with Crippen molar-refractivity contribution in [1.82, 2.24) is 9.03 Å². The topological polar surface area (TPSA) is 113 Å². The SMILES string of the molecule is CC(C)CN(CC(C)C)S(=O)(=O)c1ccc(NC(=O)CCNS(=O)(=O)c2ccc(Cl)cc2)cc1. The van der Waals surface area contributed by atoms with Crippen LogP contribution in [0.3, 0.4) is 0 Å². The van der Waals surface area contributed by atoms with E-state index in [0.29, 0.717) is 23.8 Å². The number of sulfonamides is 2. The Morgan fingerprint density at radius 2 is 1.35 bits per heavy atom. The molecule has 2 aromatic rings. The summed E-state index contributed by atoms with van der Waals surface area (Å²) in [6.45, 7) is 8.63. The fourth-order valence-electron chi connectivity index (χ4n) is 3.16. The zero-order valence-electron chi connectivity index (χ0n) is 19.8. The van der Waals surface area contributed by atoms with E-state index >= 15 is 0 Å². The molecule has 0 bridgehead atoms. The van der Waals surface area contributed by atoms with Crippen molar-refractivity contribution >= 4 is 43.2 Å². The first-order valence-corrected chi connectivity index (χ1v) is 14.3. The highest BCUT2D eigenvalue weighted by atomic mass is 35.5. The van der Waals surface area contributed by atoms with E-state index < -0.39 is 26.0 Å². The molecule has 188 valence electrons. The van der Waals surface area contributed by atoms with Gasteiger partial charge in [0.05, 0.1) is 9.79 Å². The van der Waals surface area contributed by atoms with Crippen molar-refractivity contribution in [3.8, 4) is 0 Å². The summed E-state index contributed by atoms with van der Waals surface area (Å²) in [6, 6.07) is 11.7. The van der Waals surface area contributed by atoms with Gasteiger partial charge in [0.2, 0.25) is 26.0 Å². The highest BCUT2D eigenvalue weighted by Gasteiger charge is 2.26. The molecule has 2 N–H and O–H groups in total. The van der Waals surface area contributed by atoms with Crippen LogP contribution in [0.1, 0.15) is 34.1 Å². The van der Waals surface area contributed by atoms with Gasteiger partial charge < -0.3 is 5.32 Å². The molecule has 1 amide bonds. The van der Waals surface area contributed by atoms with Crippen LogP contribution in [0.25, 0.3) is 0 Å². The Kier molecular flexibility index (Phi) is 10.1. The first-order chi connectivity index (χ1) is 15.8. The van der Waals surface area contributed by atoms with Crippen molar-refractivity contribution in [3.05, 3.63) is 53.6 Å². The van der Waals surface area contributed by atoms with Gasteiger partial charge in [0, 0.05) is 36.8 Å². The van der Waals surface area contributed by atoms with Crippen LogP contribution in [0, 0.1) is 11.8 Å². The molecular weight excluding hydrogens is 498 g/mol. The van der Waals surface area contributed by atoms with Gasteiger partial charge in [-0.15, -0.1) is 0 Å². The summed E-state index contributed by atoms with van der Waals surface area (Å²) >= 11 is 5.77. The minimum absolute atomic E-state index is 0.0538. The molecule has 0 saturated carbocycles. The van der Waals surface area contributed by atoms with Crippen LogP contribution in [-0.4, -0.2) is 46.7 Å². The molecule has 0 spiro atoms. The van der Waals surface area contributed by atoms with Crippen LogP contribution >= 0.6 is 11.6 Å². The predicted molar refractivity (Wildman–Crippen MR) is 135 cm³/mol. The van der Waals surface area contributed by atoms with Gasteiger partial charge in [0.1, 0.15) is 0 Å². The molecule has 0 heterocycles. The fraction of sp³-hybridized carbons (Fsp3) is 0.435. The summed E-state index contributed by atoms with van der Waals surface area (Å²) in [5.74, 6) is -0.0379. The average molecular weight is 530 g/mol. The number of carbonyl (C=O) groups excluding carboxylic acids is 1. The van der Waals surface area contributed by atoms with Crippen LogP contribution in [0.5, 0.6) is 0 Å². The van der Waals surface area contributed by atoms with E-state index in [0.717, 1.165) is 0 Å². The molecule has 0 atom stereocenters. The summed E-state index contributed by atoms with van der Waals surface area (Å²) in [6.07, 6.45) is -0.0938. The number of halogens is 1. The zero-order chi connectivity index (χ0) is 25.5. The highest BCUT2D eigenvalue weighted by Crippen LogP contribution is 2.21. The maximum absolute atomic E-state index is 13.1. The molecule has 11 heteroatoms. The van der Waals surface area contributed by atoms with Crippen LogP contribution in [0.15, 0.2) is 58.3 Å². The molecule has 2 rings (SSSR count). The summed E-state index contributed by atoms with van der Waals surface area (Å²) in [5.41, 5.74) is 0.420. The molecule has 8 nitrogen and oxygen atoms in total. The number of carbonyl (C=O) groups is 1.